The molecule has 2 rings (SSSR count). The fraction of sp³-hybridized carbons (Fsp3) is 0.267. The summed E-state index contributed by atoms with van der Waals surface area (Å²) < 4.78 is 5.16. The van der Waals surface area contributed by atoms with Gasteiger partial charge in [0, 0.05) is 4.88 Å². The van der Waals surface area contributed by atoms with E-state index in [0.717, 1.165) is 10.4 Å². The Morgan fingerprint density at radius 1 is 1.38 bits per heavy atom. The molecule has 1 aromatic carbocycles. The highest BCUT2D eigenvalue weighted by Crippen LogP contribution is 2.24. The van der Waals surface area contributed by atoms with Crippen LogP contribution in [-0.2, 0) is 0 Å². The Labute approximate surface area is 127 Å². The number of urea groups is 1. The van der Waals surface area contributed by atoms with Gasteiger partial charge in [0.1, 0.15) is 11.9 Å². The lowest BCUT2D eigenvalue weighted by Crippen LogP contribution is -2.32. The molecule has 0 saturated heterocycles. The summed E-state index contributed by atoms with van der Waals surface area (Å²) in [6, 6.07) is 8.70. The molecule has 0 aliphatic rings. The van der Waals surface area contributed by atoms with Crippen LogP contribution in [0.1, 0.15) is 16.5 Å². The van der Waals surface area contributed by atoms with Gasteiger partial charge in [-0.25, -0.2) is 4.79 Å². The first-order chi connectivity index (χ1) is 10.1. The molecule has 0 aliphatic carbocycles. The molecule has 3 N–H and O–H groups in total. The van der Waals surface area contributed by atoms with Crippen molar-refractivity contribution in [2.75, 3.05) is 19.0 Å². The maximum Gasteiger partial charge on any atom is 0.319 e. The normalized spacial score (nSPS) is 11.8. The zero-order valence-corrected chi connectivity index (χ0v) is 12.7. The predicted octanol–water partition coefficient (Wildman–Crippen LogP) is 2.92. The highest BCUT2D eigenvalue weighted by molar-refractivity contribution is 7.10. The van der Waals surface area contributed by atoms with Crippen LogP contribution in [0.2, 0.25) is 0 Å². The predicted molar refractivity (Wildman–Crippen MR) is 84.0 cm³/mol. The number of rotatable bonds is 5. The van der Waals surface area contributed by atoms with Crippen molar-refractivity contribution in [1.82, 2.24) is 5.32 Å². The van der Waals surface area contributed by atoms with Crippen LogP contribution in [0.15, 0.2) is 35.7 Å². The van der Waals surface area contributed by atoms with Crippen molar-refractivity contribution >= 4 is 23.1 Å². The average molecular weight is 306 g/mol. The summed E-state index contributed by atoms with van der Waals surface area (Å²) in [7, 11) is 1.54. The number of ether oxygens (including phenoxy) is 1. The number of hydrogen-bond donors (Lipinski definition) is 3. The lowest BCUT2D eigenvalue weighted by atomic mass is 10.2. The molecule has 1 heterocycles. The van der Waals surface area contributed by atoms with Gasteiger partial charge in [-0.1, -0.05) is 12.1 Å². The van der Waals surface area contributed by atoms with Crippen molar-refractivity contribution in [3.63, 3.8) is 0 Å². The van der Waals surface area contributed by atoms with Crippen molar-refractivity contribution in [3.8, 4) is 5.75 Å². The fourth-order valence-corrected chi connectivity index (χ4v) is 2.84. The molecule has 6 heteroatoms. The summed E-state index contributed by atoms with van der Waals surface area (Å²) in [5.41, 5.74) is 1.61. The van der Waals surface area contributed by atoms with Crippen LogP contribution in [0.25, 0.3) is 0 Å². The van der Waals surface area contributed by atoms with Gasteiger partial charge in [0.05, 0.1) is 19.3 Å². The van der Waals surface area contributed by atoms with Crippen LogP contribution in [0.4, 0.5) is 10.5 Å². The molecule has 1 aromatic heterocycles. The molecule has 0 bridgehead atoms. The third-order valence-electron chi connectivity index (χ3n) is 3.02. The first-order valence-electron chi connectivity index (χ1n) is 6.51. The number of para-hydroxylation sites is 2. The third-order valence-corrected chi connectivity index (χ3v) is 4.14. The first-order valence-corrected chi connectivity index (χ1v) is 7.39. The van der Waals surface area contributed by atoms with Crippen molar-refractivity contribution in [2.24, 2.45) is 0 Å². The summed E-state index contributed by atoms with van der Waals surface area (Å²) >= 11 is 1.48. The van der Waals surface area contributed by atoms with E-state index < -0.39 is 6.10 Å². The van der Waals surface area contributed by atoms with Gasteiger partial charge in [0.2, 0.25) is 0 Å². The molecule has 5 nitrogen and oxygen atoms in total. The molecule has 2 amide bonds. The molecule has 1 atom stereocenters. The number of carbonyl (C=O) groups is 1. The van der Waals surface area contributed by atoms with Crippen molar-refractivity contribution < 1.29 is 14.6 Å². The van der Waals surface area contributed by atoms with Crippen LogP contribution in [0.5, 0.6) is 5.75 Å². The minimum Gasteiger partial charge on any atom is -0.495 e. The van der Waals surface area contributed by atoms with Gasteiger partial charge in [0.25, 0.3) is 0 Å². The molecular formula is C15H18N2O3S. The maximum atomic E-state index is 11.9. The molecule has 0 aliphatic heterocycles. The molecule has 2 aromatic rings. The van der Waals surface area contributed by atoms with Crippen LogP contribution in [0, 0.1) is 6.92 Å². The summed E-state index contributed by atoms with van der Waals surface area (Å²) in [6.45, 7) is 2.09. The van der Waals surface area contributed by atoms with E-state index in [1.165, 1.54) is 11.3 Å². The summed E-state index contributed by atoms with van der Waals surface area (Å²) in [5.74, 6) is 0.585. The summed E-state index contributed by atoms with van der Waals surface area (Å²) in [4.78, 5) is 12.7. The summed E-state index contributed by atoms with van der Waals surface area (Å²) in [6.07, 6.45) is -0.701. The zero-order valence-electron chi connectivity index (χ0n) is 11.9. The monoisotopic (exact) mass is 306 g/mol. The minimum atomic E-state index is -0.701. The largest absolute Gasteiger partial charge is 0.495 e. The van der Waals surface area contributed by atoms with Crippen LogP contribution >= 0.6 is 11.3 Å². The first kappa shape index (κ1) is 15.3. The standard InChI is InChI=1S/C15H18N2O3S/c1-10-7-8-21-14(10)12(18)9-16-15(19)17-11-5-3-4-6-13(11)20-2/h3-8,12,18H,9H2,1-2H3,(H2,16,17,19). The van der Waals surface area contributed by atoms with E-state index in [1.807, 2.05) is 30.5 Å². The lowest BCUT2D eigenvalue weighted by Gasteiger charge is -2.13. The van der Waals surface area contributed by atoms with Crippen molar-refractivity contribution in [3.05, 3.63) is 46.2 Å². The van der Waals surface area contributed by atoms with E-state index in [1.54, 1.807) is 19.2 Å². The number of nitrogens with one attached hydrogen (secondary N) is 2. The van der Waals surface area contributed by atoms with E-state index in [-0.39, 0.29) is 12.6 Å². The van der Waals surface area contributed by atoms with Gasteiger partial charge in [-0.2, -0.15) is 0 Å². The molecule has 112 valence electrons. The number of aryl methyl sites for hydroxylation is 1. The van der Waals surface area contributed by atoms with Crippen LogP contribution < -0.4 is 15.4 Å². The number of benzene rings is 1. The van der Waals surface area contributed by atoms with Gasteiger partial charge in [-0.3, -0.25) is 0 Å². The second-order valence-electron chi connectivity index (χ2n) is 4.52. The van der Waals surface area contributed by atoms with Crippen molar-refractivity contribution in [1.29, 1.82) is 0 Å². The Morgan fingerprint density at radius 2 is 2.14 bits per heavy atom. The van der Waals surface area contributed by atoms with Gasteiger partial charge in [-0.05, 0) is 36.1 Å². The Morgan fingerprint density at radius 3 is 2.81 bits per heavy atom. The Hall–Kier alpha value is -2.05. The second-order valence-corrected chi connectivity index (χ2v) is 5.47. The van der Waals surface area contributed by atoms with Gasteiger partial charge < -0.3 is 20.5 Å². The lowest BCUT2D eigenvalue weighted by molar-refractivity contribution is 0.178. The molecule has 1 unspecified atom stereocenters. The van der Waals surface area contributed by atoms with E-state index in [2.05, 4.69) is 10.6 Å². The molecule has 0 spiro atoms. The zero-order chi connectivity index (χ0) is 15.2. The Balaban J connectivity index is 1.89. The minimum absolute atomic E-state index is 0.155. The highest BCUT2D eigenvalue weighted by Gasteiger charge is 2.13. The van der Waals surface area contributed by atoms with E-state index in [0.29, 0.717) is 11.4 Å². The van der Waals surface area contributed by atoms with E-state index in [9.17, 15) is 9.90 Å². The topological polar surface area (TPSA) is 70.6 Å². The summed E-state index contributed by atoms with van der Waals surface area (Å²) in [5, 5.41) is 17.3. The maximum absolute atomic E-state index is 11.9. The molecule has 0 saturated carbocycles. The number of aliphatic hydroxyl groups excluding tert-OH is 1. The number of methoxy groups -OCH3 is 1. The number of aliphatic hydroxyl groups is 1. The second kappa shape index (κ2) is 7.10. The van der Waals surface area contributed by atoms with E-state index >= 15 is 0 Å². The molecular weight excluding hydrogens is 288 g/mol. The van der Waals surface area contributed by atoms with Gasteiger partial charge >= 0.3 is 6.03 Å². The number of carbonyl (C=O) groups excluding carboxylic acids is 1. The molecule has 21 heavy (non-hydrogen) atoms. The Bertz CT molecular complexity index is 612. The number of thiophene rings is 1. The van der Waals surface area contributed by atoms with Crippen LogP contribution in [-0.4, -0.2) is 24.8 Å². The quantitative estimate of drug-likeness (QED) is 0.795. The smallest absolute Gasteiger partial charge is 0.319 e. The third kappa shape index (κ3) is 3.96. The fourth-order valence-electron chi connectivity index (χ4n) is 1.92. The number of hydrogen-bond acceptors (Lipinski definition) is 4. The van der Waals surface area contributed by atoms with Gasteiger partial charge in [-0.15, -0.1) is 11.3 Å². The average Bonchev–Trinajstić information content (AvgIpc) is 2.91. The highest BCUT2D eigenvalue weighted by atomic mass is 32.1. The van der Waals surface area contributed by atoms with E-state index in [4.69, 9.17) is 4.74 Å². The van der Waals surface area contributed by atoms with Crippen LogP contribution in [0.3, 0.4) is 0 Å². The van der Waals surface area contributed by atoms with Crippen molar-refractivity contribution in [2.45, 2.75) is 13.0 Å². The number of amides is 2. The Kier molecular flexibility index (Phi) is 5.19. The molecule has 0 radical (unpaired) electrons. The molecule has 0 fully saturated rings. The SMILES string of the molecule is COc1ccccc1NC(=O)NCC(O)c1sccc1C. The van der Waals surface area contributed by atoms with Gasteiger partial charge in [0.15, 0.2) is 0 Å². The number of anilines is 1.